The van der Waals surface area contributed by atoms with Crippen LogP contribution in [-0.4, -0.2) is 14.8 Å². The molecule has 0 aliphatic rings. The standard InChI is InChI=1S/C17H10N4S/c18-10-12-11-19-21(13-6-2-1-3-7-13)16(12)17-20-14-8-4-5-9-15(14)22-17/h1-9,11H. The molecule has 0 unspecified atom stereocenters. The van der Waals surface area contributed by atoms with E-state index in [0.717, 1.165) is 26.6 Å². The molecule has 0 saturated carbocycles. The predicted molar refractivity (Wildman–Crippen MR) is 86.9 cm³/mol. The van der Waals surface area contributed by atoms with Gasteiger partial charge in [0.1, 0.15) is 22.3 Å². The molecule has 0 fully saturated rings. The van der Waals surface area contributed by atoms with Gasteiger partial charge in [0.15, 0.2) is 0 Å². The van der Waals surface area contributed by atoms with Crippen molar-refractivity contribution in [2.45, 2.75) is 0 Å². The van der Waals surface area contributed by atoms with Gasteiger partial charge in [-0.1, -0.05) is 30.3 Å². The summed E-state index contributed by atoms with van der Waals surface area (Å²) in [6.07, 6.45) is 1.59. The first kappa shape index (κ1) is 12.7. The molecule has 4 aromatic rings. The summed E-state index contributed by atoms with van der Waals surface area (Å²) < 4.78 is 2.87. The lowest BCUT2D eigenvalue weighted by atomic mass is 10.2. The summed E-state index contributed by atoms with van der Waals surface area (Å²) in [6.45, 7) is 0. The van der Waals surface area contributed by atoms with Crippen LogP contribution < -0.4 is 0 Å². The third-order valence-electron chi connectivity index (χ3n) is 3.39. The molecule has 2 aromatic heterocycles. The Balaban J connectivity index is 1.98. The Morgan fingerprint density at radius 1 is 1.00 bits per heavy atom. The van der Waals surface area contributed by atoms with E-state index in [4.69, 9.17) is 0 Å². The largest absolute Gasteiger partial charge is 0.234 e. The summed E-state index contributed by atoms with van der Waals surface area (Å²) in [5.74, 6) is 0. The molecular formula is C17H10N4S. The van der Waals surface area contributed by atoms with Crippen molar-refractivity contribution < 1.29 is 0 Å². The number of hydrogen-bond acceptors (Lipinski definition) is 4. The van der Waals surface area contributed by atoms with Crippen molar-refractivity contribution in [3.63, 3.8) is 0 Å². The number of fused-ring (bicyclic) bond motifs is 1. The normalized spacial score (nSPS) is 10.7. The minimum atomic E-state index is 0.530. The van der Waals surface area contributed by atoms with E-state index in [0.29, 0.717) is 5.56 Å². The Hall–Kier alpha value is -2.97. The molecule has 0 atom stereocenters. The summed E-state index contributed by atoms with van der Waals surface area (Å²) in [7, 11) is 0. The summed E-state index contributed by atoms with van der Waals surface area (Å²) in [4.78, 5) is 4.66. The molecule has 0 aliphatic heterocycles. The maximum Gasteiger partial charge on any atom is 0.144 e. The molecule has 0 spiro atoms. The molecule has 104 valence electrons. The molecule has 4 rings (SSSR count). The average molecular weight is 302 g/mol. The second-order valence-electron chi connectivity index (χ2n) is 4.75. The number of nitrogens with zero attached hydrogens (tertiary/aromatic N) is 4. The fourth-order valence-corrected chi connectivity index (χ4v) is 3.38. The Morgan fingerprint density at radius 2 is 1.77 bits per heavy atom. The maximum absolute atomic E-state index is 9.39. The van der Waals surface area contributed by atoms with Crippen molar-refractivity contribution in [1.82, 2.24) is 14.8 Å². The van der Waals surface area contributed by atoms with E-state index in [1.807, 2.05) is 54.6 Å². The quantitative estimate of drug-likeness (QED) is 0.562. The lowest BCUT2D eigenvalue weighted by Crippen LogP contribution is -1.98. The predicted octanol–water partition coefficient (Wildman–Crippen LogP) is 4.02. The molecule has 4 nitrogen and oxygen atoms in total. The highest BCUT2D eigenvalue weighted by Gasteiger charge is 2.18. The van der Waals surface area contributed by atoms with Crippen LogP contribution in [0.5, 0.6) is 0 Å². The van der Waals surface area contributed by atoms with E-state index < -0.39 is 0 Å². The monoisotopic (exact) mass is 302 g/mol. The average Bonchev–Trinajstić information content (AvgIpc) is 3.18. The molecule has 2 aromatic carbocycles. The van der Waals surface area contributed by atoms with Crippen LogP contribution in [0.15, 0.2) is 60.8 Å². The van der Waals surface area contributed by atoms with Crippen LogP contribution in [0.25, 0.3) is 26.6 Å². The molecule has 5 heteroatoms. The third kappa shape index (κ3) is 1.98. The SMILES string of the molecule is N#Cc1cnn(-c2ccccc2)c1-c1nc2ccccc2s1. The van der Waals surface area contributed by atoms with Crippen LogP contribution in [0.3, 0.4) is 0 Å². The fourth-order valence-electron chi connectivity index (χ4n) is 2.37. The lowest BCUT2D eigenvalue weighted by Gasteiger charge is -2.05. The first-order chi connectivity index (χ1) is 10.9. The van der Waals surface area contributed by atoms with Gasteiger partial charge in [-0.25, -0.2) is 9.67 Å². The molecule has 0 aliphatic carbocycles. The smallest absolute Gasteiger partial charge is 0.144 e. The van der Waals surface area contributed by atoms with Gasteiger partial charge in [0, 0.05) is 0 Å². The van der Waals surface area contributed by atoms with E-state index >= 15 is 0 Å². The van der Waals surface area contributed by atoms with Crippen molar-refractivity contribution in [2.24, 2.45) is 0 Å². The van der Waals surface area contributed by atoms with E-state index in [2.05, 4.69) is 16.2 Å². The van der Waals surface area contributed by atoms with Crippen molar-refractivity contribution in [2.75, 3.05) is 0 Å². The summed E-state index contributed by atoms with van der Waals surface area (Å²) in [5.41, 5.74) is 3.13. The molecule has 0 N–H and O–H groups in total. The van der Waals surface area contributed by atoms with Gasteiger partial charge >= 0.3 is 0 Å². The molecule has 2 heterocycles. The minimum absolute atomic E-state index is 0.530. The zero-order chi connectivity index (χ0) is 14.9. The highest BCUT2D eigenvalue weighted by atomic mass is 32.1. The molecule has 0 bridgehead atoms. The molecule has 0 amide bonds. The van der Waals surface area contributed by atoms with E-state index in [1.54, 1.807) is 22.2 Å². The Morgan fingerprint density at radius 3 is 2.55 bits per heavy atom. The van der Waals surface area contributed by atoms with E-state index in [9.17, 15) is 5.26 Å². The minimum Gasteiger partial charge on any atom is -0.234 e. The van der Waals surface area contributed by atoms with Crippen molar-refractivity contribution >= 4 is 21.6 Å². The van der Waals surface area contributed by atoms with Crippen LogP contribution in [-0.2, 0) is 0 Å². The first-order valence-corrected chi connectivity index (χ1v) is 7.58. The summed E-state index contributed by atoms with van der Waals surface area (Å²) >= 11 is 1.57. The van der Waals surface area contributed by atoms with Gasteiger partial charge < -0.3 is 0 Å². The number of rotatable bonds is 2. The second-order valence-corrected chi connectivity index (χ2v) is 5.78. The van der Waals surface area contributed by atoms with E-state index in [-0.39, 0.29) is 0 Å². The van der Waals surface area contributed by atoms with Crippen LogP contribution in [0.4, 0.5) is 0 Å². The van der Waals surface area contributed by atoms with Gasteiger partial charge in [0.05, 0.1) is 22.1 Å². The maximum atomic E-state index is 9.39. The number of para-hydroxylation sites is 2. The van der Waals surface area contributed by atoms with Gasteiger partial charge in [-0.15, -0.1) is 11.3 Å². The molecule has 22 heavy (non-hydrogen) atoms. The Bertz CT molecular complexity index is 959. The lowest BCUT2D eigenvalue weighted by molar-refractivity contribution is 0.887. The Kier molecular flexibility index (Phi) is 2.95. The van der Waals surface area contributed by atoms with Gasteiger partial charge in [-0.3, -0.25) is 0 Å². The van der Waals surface area contributed by atoms with Gasteiger partial charge in [0.25, 0.3) is 0 Å². The van der Waals surface area contributed by atoms with Crippen molar-refractivity contribution in [3.8, 4) is 22.5 Å². The van der Waals surface area contributed by atoms with Crippen LogP contribution in [0.1, 0.15) is 5.56 Å². The molecular weight excluding hydrogens is 292 g/mol. The van der Waals surface area contributed by atoms with Crippen LogP contribution >= 0.6 is 11.3 Å². The number of aromatic nitrogens is 3. The molecule has 0 radical (unpaired) electrons. The zero-order valence-electron chi connectivity index (χ0n) is 11.5. The topological polar surface area (TPSA) is 54.5 Å². The first-order valence-electron chi connectivity index (χ1n) is 6.76. The number of thiazole rings is 1. The number of benzene rings is 2. The fraction of sp³-hybridized carbons (Fsp3) is 0. The van der Waals surface area contributed by atoms with Crippen LogP contribution in [0.2, 0.25) is 0 Å². The molecule has 0 saturated heterocycles. The Labute approximate surface area is 130 Å². The summed E-state index contributed by atoms with van der Waals surface area (Å²) in [5, 5.41) is 14.6. The zero-order valence-corrected chi connectivity index (χ0v) is 12.3. The highest BCUT2D eigenvalue weighted by molar-refractivity contribution is 7.21. The summed E-state index contributed by atoms with van der Waals surface area (Å²) in [6, 6.07) is 20.0. The third-order valence-corrected chi connectivity index (χ3v) is 4.43. The van der Waals surface area contributed by atoms with Gasteiger partial charge in [0.2, 0.25) is 0 Å². The number of nitriles is 1. The van der Waals surface area contributed by atoms with Gasteiger partial charge in [-0.2, -0.15) is 10.4 Å². The van der Waals surface area contributed by atoms with Gasteiger partial charge in [-0.05, 0) is 24.3 Å². The van der Waals surface area contributed by atoms with Crippen LogP contribution in [0, 0.1) is 11.3 Å². The second kappa shape index (κ2) is 5.10. The van der Waals surface area contributed by atoms with Crippen molar-refractivity contribution in [1.29, 1.82) is 5.26 Å². The van der Waals surface area contributed by atoms with Crippen molar-refractivity contribution in [3.05, 3.63) is 66.4 Å². The number of hydrogen-bond donors (Lipinski definition) is 0. The van der Waals surface area contributed by atoms with E-state index in [1.165, 1.54) is 0 Å². The highest BCUT2D eigenvalue weighted by Crippen LogP contribution is 2.33.